The zero-order valence-corrected chi connectivity index (χ0v) is 18.6. The number of carbonyl (C=O) groups excluding carboxylic acids is 4. The lowest BCUT2D eigenvalue weighted by atomic mass is 10.2. The number of nitrogens with one attached hydrogen (secondary N) is 1. The number of anilines is 1. The van der Waals surface area contributed by atoms with Crippen molar-refractivity contribution in [2.75, 3.05) is 18.5 Å². The molecule has 3 rings (SSSR count). The minimum absolute atomic E-state index is 0.102. The fourth-order valence-electron chi connectivity index (χ4n) is 2.77. The highest BCUT2D eigenvalue weighted by Gasteiger charge is 2.36. The maximum absolute atomic E-state index is 12.5. The summed E-state index contributed by atoms with van der Waals surface area (Å²) in [6.45, 7) is 1.39. The Labute approximate surface area is 194 Å². The lowest BCUT2D eigenvalue weighted by molar-refractivity contribution is -0.127. The van der Waals surface area contributed by atoms with Gasteiger partial charge in [0.15, 0.2) is 0 Å². The molecule has 7 nitrogen and oxygen atoms in total. The highest BCUT2D eigenvalue weighted by Crippen LogP contribution is 2.30. The van der Waals surface area contributed by atoms with Crippen LogP contribution in [0.5, 0.6) is 0 Å². The molecule has 0 saturated carbocycles. The van der Waals surface area contributed by atoms with Crippen LogP contribution in [0.4, 0.5) is 10.5 Å². The second-order valence-corrected chi connectivity index (χ2v) is 7.92. The van der Waals surface area contributed by atoms with Gasteiger partial charge < -0.3 is 10.1 Å². The predicted molar refractivity (Wildman–Crippen MR) is 124 cm³/mol. The molecular weight excluding hydrogens is 452 g/mol. The summed E-state index contributed by atoms with van der Waals surface area (Å²) in [5, 5.41) is 2.21. The number of carbonyl (C=O) groups is 4. The number of ether oxygens (including phenoxy) is 1. The predicted octanol–water partition coefficient (Wildman–Crippen LogP) is 4.75. The number of allylic oxidation sites excluding steroid dienone is 2. The van der Waals surface area contributed by atoms with Crippen LogP contribution in [0.2, 0.25) is 5.02 Å². The number of imide groups is 1. The first kappa shape index (κ1) is 23.3. The zero-order valence-electron chi connectivity index (χ0n) is 17.0. The fourth-order valence-corrected chi connectivity index (χ4v) is 3.76. The van der Waals surface area contributed by atoms with Crippen molar-refractivity contribution < 1.29 is 23.9 Å². The topological polar surface area (TPSA) is 92.8 Å². The first-order valence-corrected chi connectivity index (χ1v) is 10.8. The largest absolute Gasteiger partial charge is 0.462 e. The number of halogens is 1. The lowest BCUT2D eigenvalue weighted by Gasteiger charge is -2.13. The lowest BCUT2D eigenvalue weighted by Crippen LogP contribution is -2.36. The number of rotatable bonds is 7. The molecule has 1 saturated heterocycles. The molecule has 9 heteroatoms. The van der Waals surface area contributed by atoms with Crippen LogP contribution in [0.1, 0.15) is 22.8 Å². The van der Waals surface area contributed by atoms with E-state index in [2.05, 4.69) is 5.32 Å². The molecule has 2 aromatic rings. The monoisotopic (exact) mass is 470 g/mol. The third-order valence-electron chi connectivity index (χ3n) is 4.26. The van der Waals surface area contributed by atoms with Gasteiger partial charge in [0, 0.05) is 5.69 Å². The minimum atomic E-state index is -0.617. The maximum Gasteiger partial charge on any atom is 0.339 e. The average Bonchev–Trinajstić information content (AvgIpc) is 3.03. The minimum Gasteiger partial charge on any atom is -0.462 e. The van der Waals surface area contributed by atoms with Crippen molar-refractivity contribution in [3.63, 3.8) is 0 Å². The Morgan fingerprint density at radius 2 is 1.91 bits per heavy atom. The van der Waals surface area contributed by atoms with E-state index in [0.717, 1.165) is 22.2 Å². The van der Waals surface area contributed by atoms with E-state index < -0.39 is 29.6 Å². The molecular formula is C23H19ClN2O5S. The summed E-state index contributed by atoms with van der Waals surface area (Å²) >= 11 is 6.78. The maximum atomic E-state index is 12.5. The first-order valence-electron chi connectivity index (χ1n) is 9.62. The Balaban J connectivity index is 1.64. The van der Waals surface area contributed by atoms with Crippen LogP contribution in [0, 0.1) is 0 Å². The molecule has 164 valence electrons. The molecule has 1 aliphatic rings. The summed E-state index contributed by atoms with van der Waals surface area (Å²) in [5.41, 5.74) is 1.34. The first-order chi connectivity index (χ1) is 15.4. The van der Waals surface area contributed by atoms with Gasteiger partial charge in [-0.3, -0.25) is 19.3 Å². The van der Waals surface area contributed by atoms with E-state index in [9.17, 15) is 19.2 Å². The molecule has 1 fully saturated rings. The number of esters is 1. The Kier molecular flexibility index (Phi) is 7.86. The Morgan fingerprint density at radius 3 is 2.62 bits per heavy atom. The van der Waals surface area contributed by atoms with E-state index in [1.54, 1.807) is 19.1 Å². The van der Waals surface area contributed by atoms with Gasteiger partial charge in [-0.25, -0.2) is 4.79 Å². The van der Waals surface area contributed by atoms with Crippen LogP contribution in [0.25, 0.3) is 6.08 Å². The number of hydrogen-bond acceptors (Lipinski definition) is 6. The van der Waals surface area contributed by atoms with Crippen LogP contribution in [-0.2, 0) is 14.3 Å². The quantitative estimate of drug-likeness (QED) is 0.463. The summed E-state index contributed by atoms with van der Waals surface area (Å²) in [7, 11) is 0. The molecule has 1 heterocycles. The van der Waals surface area contributed by atoms with Crippen molar-refractivity contribution in [2.45, 2.75) is 6.92 Å². The normalized spacial score (nSPS) is 14.9. The standard InChI is InChI=1S/C23H19ClN2O5S/c1-2-31-22(29)17-13-16(11-12-18(17)24)25-20(27)14-26-21(28)19(32-23(26)30)10-6-9-15-7-4-3-5-8-15/h3-13H,2,14H2,1H3,(H,25,27)/b9-6+,19-10+. The van der Waals surface area contributed by atoms with Gasteiger partial charge in [-0.15, -0.1) is 0 Å². The molecule has 0 radical (unpaired) electrons. The second-order valence-electron chi connectivity index (χ2n) is 6.52. The molecule has 32 heavy (non-hydrogen) atoms. The highest BCUT2D eigenvalue weighted by atomic mass is 35.5. The van der Waals surface area contributed by atoms with Gasteiger partial charge in [0.1, 0.15) is 6.54 Å². The Hall–Kier alpha value is -3.36. The molecule has 0 bridgehead atoms. The van der Waals surface area contributed by atoms with Gasteiger partial charge in [-0.2, -0.15) is 0 Å². The van der Waals surface area contributed by atoms with Crippen molar-refractivity contribution in [3.8, 4) is 0 Å². The van der Waals surface area contributed by atoms with Crippen LogP contribution in [0.3, 0.4) is 0 Å². The van der Waals surface area contributed by atoms with E-state index in [0.29, 0.717) is 0 Å². The molecule has 0 spiro atoms. The summed E-state index contributed by atoms with van der Waals surface area (Å²) in [6, 6.07) is 13.8. The number of hydrogen-bond donors (Lipinski definition) is 1. The zero-order chi connectivity index (χ0) is 23.1. The molecule has 2 aromatic carbocycles. The van der Waals surface area contributed by atoms with Gasteiger partial charge in [-0.1, -0.05) is 54.1 Å². The summed E-state index contributed by atoms with van der Waals surface area (Å²) in [4.78, 5) is 50.2. The number of amides is 3. The number of benzene rings is 2. The third kappa shape index (κ3) is 5.87. The highest BCUT2D eigenvalue weighted by molar-refractivity contribution is 8.18. The second kappa shape index (κ2) is 10.8. The molecule has 1 N–H and O–H groups in total. The molecule has 0 aliphatic carbocycles. The van der Waals surface area contributed by atoms with Gasteiger partial charge in [0.2, 0.25) is 5.91 Å². The van der Waals surface area contributed by atoms with Gasteiger partial charge >= 0.3 is 5.97 Å². The molecule has 1 aliphatic heterocycles. The van der Waals surface area contributed by atoms with Crippen LogP contribution < -0.4 is 5.32 Å². The van der Waals surface area contributed by atoms with Crippen molar-refractivity contribution >= 4 is 58.1 Å². The van der Waals surface area contributed by atoms with Crippen molar-refractivity contribution in [1.29, 1.82) is 0 Å². The van der Waals surface area contributed by atoms with E-state index in [1.165, 1.54) is 18.2 Å². The van der Waals surface area contributed by atoms with Crippen LogP contribution in [-0.4, -0.2) is 41.1 Å². The summed E-state index contributed by atoms with van der Waals surface area (Å²) in [5.74, 6) is -1.75. The van der Waals surface area contributed by atoms with Gasteiger partial charge in [-0.05, 0) is 48.5 Å². The number of thioether (sulfide) groups is 1. The van der Waals surface area contributed by atoms with E-state index in [-0.39, 0.29) is 27.8 Å². The van der Waals surface area contributed by atoms with Crippen molar-refractivity contribution in [3.05, 3.63) is 81.7 Å². The summed E-state index contributed by atoms with van der Waals surface area (Å²) < 4.78 is 4.93. The Bertz CT molecular complexity index is 1110. The summed E-state index contributed by atoms with van der Waals surface area (Å²) in [6.07, 6.45) is 5.03. The fraction of sp³-hybridized carbons (Fsp3) is 0.130. The third-order valence-corrected chi connectivity index (χ3v) is 5.51. The van der Waals surface area contributed by atoms with Crippen LogP contribution in [0.15, 0.2) is 65.6 Å². The number of nitrogens with zero attached hydrogens (tertiary/aromatic N) is 1. The average molecular weight is 471 g/mol. The molecule has 0 atom stereocenters. The van der Waals surface area contributed by atoms with Crippen LogP contribution >= 0.6 is 23.4 Å². The van der Waals surface area contributed by atoms with E-state index in [4.69, 9.17) is 16.3 Å². The Morgan fingerprint density at radius 1 is 1.16 bits per heavy atom. The van der Waals surface area contributed by atoms with E-state index >= 15 is 0 Å². The molecule has 3 amide bonds. The van der Waals surface area contributed by atoms with Gasteiger partial charge in [0.25, 0.3) is 11.1 Å². The van der Waals surface area contributed by atoms with Crippen molar-refractivity contribution in [1.82, 2.24) is 4.90 Å². The van der Waals surface area contributed by atoms with E-state index in [1.807, 2.05) is 36.4 Å². The smallest absolute Gasteiger partial charge is 0.339 e. The van der Waals surface area contributed by atoms with Crippen molar-refractivity contribution in [2.24, 2.45) is 0 Å². The SMILES string of the molecule is CCOC(=O)c1cc(NC(=O)CN2C(=O)S/C(=C/C=C/c3ccccc3)C2=O)ccc1Cl. The molecule has 0 unspecified atom stereocenters. The molecule has 0 aromatic heterocycles. The van der Waals surface area contributed by atoms with Gasteiger partial charge in [0.05, 0.1) is 22.1 Å².